The minimum atomic E-state index is 0.0976. The number of nitrogens with zero attached hydrogens (tertiary/aromatic N) is 2. The maximum atomic E-state index is 12.8. The molecule has 26 heavy (non-hydrogen) atoms. The summed E-state index contributed by atoms with van der Waals surface area (Å²) in [5, 5.41) is 3.21. The molecular formula is C22H33N3O. The molecule has 4 nitrogen and oxygen atoms in total. The van der Waals surface area contributed by atoms with Gasteiger partial charge < -0.3 is 15.1 Å². The normalized spacial score (nSPS) is 22.1. The van der Waals surface area contributed by atoms with Crippen molar-refractivity contribution in [3.05, 3.63) is 29.3 Å². The molecule has 1 aromatic carbocycles. The van der Waals surface area contributed by atoms with Gasteiger partial charge in [-0.1, -0.05) is 18.6 Å². The molecule has 1 aromatic rings. The summed E-state index contributed by atoms with van der Waals surface area (Å²) in [4.78, 5) is 17.4. The standard InChI is InChI=1S/C22H33N3O/c26-22(23-21-10-6-8-19-7-2-3-9-20(19)21)25-15-11-18(12-16-25)17-24-13-4-1-5-14-24/h6,8,10,18H,1-5,7,9,11-17H2,(H,23,26). The quantitative estimate of drug-likeness (QED) is 0.878. The highest BCUT2D eigenvalue weighted by Crippen LogP contribution is 2.28. The number of hydrogen-bond acceptors (Lipinski definition) is 2. The number of hydrogen-bond donors (Lipinski definition) is 1. The van der Waals surface area contributed by atoms with E-state index in [0.29, 0.717) is 0 Å². The van der Waals surface area contributed by atoms with Crippen molar-refractivity contribution in [1.29, 1.82) is 0 Å². The van der Waals surface area contributed by atoms with Crippen LogP contribution in [0.15, 0.2) is 18.2 Å². The number of likely N-dealkylation sites (tertiary alicyclic amines) is 2. The Balaban J connectivity index is 1.29. The van der Waals surface area contributed by atoms with Crippen LogP contribution in [-0.2, 0) is 12.8 Å². The molecule has 0 bridgehead atoms. The van der Waals surface area contributed by atoms with E-state index in [2.05, 4.69) is 28.4 Å². The number of rotatable bonds is 3. The van der Waals surface area contributed by atoms with Gasteiger partial charge in [-0.2, -0.15) is 0 Å². The van der Waals surface area contributed by atoms with Crippen molar-refractivity contribution in [3.63, 3.8) is 0 Å². The Hall–Kier alpha value is -1.55. The SMILES string of the molecule is O=C(Nc1cccc2c1CCCC2)N1CCC(CN2CCCCC2)CC1. The zero-order chi connectivity index (χ0) is 17.8. The molecule has 2 heterocycles. The molecule has 1 N–H and O–H groups in total. The van der Waals surface area contributed by atoms with Crippen LogP contribution < -0.4 is 5.32 Å². The first-order valence-electron chi connectivity index (χ1n) is 10.7. The van der Waals surface area contributed by atoms with Gasteiger partial charge in [0.05, 0.1) is 0 Å². The third-order valence-corrected chi connectivity index (χ3v) is 6.50. The fraction of sp³-hybridized carbons (Fsp3) is 0.682. The first-order chi connectivity index (χ1) is 12.8. The van der Waals surface area contributed by atoms with Gasteiger partial charge in [-0.15, -0.1) is 0 Å². The van der Waals surface area contributed by atoms with Gasteiger partial charge in [-0.3, -0.25) is 0 Å². The van der Waals surface area contributed by atoms with E-state index in [1.54, 1.807) is 0 Å². The van der Waals surface area contributed by atoms with E-state index in [-0.39, 0.29) is 6.03 Å². The van der Waals surface area contributed by atoms with Crippen LogP contribution in [0.3, 0.4) is 0 Å². The fourth-order valence-electron chi connectivity index (χ4n) is 4.92. The molecule has 0 radical (unpaired) electrons. The molecule has 2 fully saturated rings. The molecular weight excluding hydrogens is 322 g/mol. The van der Waals surface area contributed by atoms with Gasteiger partial charge in [0.15, 0.2) is 0 Å². The number of anilines is 1. The second-order valence-electron chi connectivity index (χ2n) is 8.37. The van der Waals surface area contributed by atoms with Gasteiger partial charge in [-0.25, -0.2) is 4.79 Å². The maximum absolute atomic E-state index is 12.8. The van der Waals surface area contributed by atoms with Crippen LogP contribution in [0.2, 0.25) is 0 Å². The molecule has 0 atom stereocenters. The van der Waals surface area contributed by atoms with E-state index in [1.165, 1.54) is 62.9 Å². The van der Waals surface area contributed by atoms with Crippen LogP contribution in [0.1, 0.15) is 56.1 Å². The van der Waals surface area contributed by atoms with E-state index < -0.39 is 0 Å². The molecule has 0 spiro atoms. The Morgan fingerprint density at radius 3 is 2.54 bits per heavy atom. The first-order valence-corrected chi connectivity index (χ1v) is 10.7. The highest BCUT2D eigenvalue weighted by molar-refractivity contribution is 5.90. The monoisotopic (exact) mass is 355 g/mol. The highest BCUT2D eigenvalue weighted by Gasteiger charge is 2.25. The molecule has 4 heteroatoms. The summed E-state index contributed by atoms with van der Waals surface area (Å²) in [5.41, 5.74) is 3.84. The predicted octanol–water partition coefficient (Wildman–Crippen LogP) is 4.30. The maximum Gasteiger partial charge on any atom is 0.321 e. The molecule has 3 aliphatic rings. The van der Waals surface area contributed by atoms with Crippen molar-refractivity contribution in [2.75, 3.05) is 38.0 Å². The van der Waals surface area contributed by atoms with E-state index in [1.807, 2.05) is 4.90 Å². The third kappa shape index (κ3) is 4.22. The smallest absolute Gasteiger partial charge is 0.321 e. The van der Waals surface area contributed by atoms with E-state index >= 15 is 0 Å². The number of urea groups is 1. The second-order valence-corrected chi connectivity index (χ2v) is 8.37. The highest BCUT2D eigenvalue weighted by atomic mass is 16.2. The largest absolute Gasteiger partial charge is 0.325 e. The summed E-state index contributed by atoms with van der Waals surface area (Å²) in [6.07, 6.45) is 11.2. The van der Waals surface area contributed by atoms with Crippen LogP contribution >= 0.6 is 0 Å². The van der Waals surface area contributed by atoms with Crippen molar-refractivity contribution < 1.29 is 4.79 Å². The van der Waals surface area contributed by atoms with Crippen LogP contribution in [0, 0.1) is 5.92 Å². The summed E-state index contributed by atoms with van der Waals surface area (Å²) in [6.45, 7) is 5.60. The number of aryl methyl sites for hydroxylation is 1. The molecule has 2 amide bonds. The molecule has 2 aliphatic heterocycles. The van der Waals surface area contributed by atoms with Gasteiger partial charge in [0.1, 0.15) is 0 Å². The van der Waals surface area contributed by atoms with E-state index in [9.17, 15) is 4.79 Å². The lowest BCUT2D eigenvalue weighted by molar-refractivity contribution is 0.142. The Kier molecular flexibility index (Phi) is 5.78. The molecule has 142 valence electrons. The Morgan fingerprint density at radius 2 is 1.73 bits per heavy atom. The molecule has 0 aromatic heterocycles. The van der Waals surface area contributed by atoms with E-state index in [0.717, 1.165) is 50.4 Å². The lowest BCUT2D eigenvalue weighted by atomic mass is 9.90. The number of fused-ring (bicyclic) bond motifs is 1. The summed E-state index contributed by atoms with van der Waals surface area (Å²) in [6, 6.07) is 6.48. The van der Waals surface area contributed by atoms with Crippen LogP contribution in [0.25, 0.3) is 0 Å². The number of nitrogens with one attached hydrogen (secondary N) is 1. The fourth-order valence-corrected chi connectivity index (χ4v) is 4.92. The Morgan fingerprint density at radius 1 is 0.962 bits per heavy atom. The van der Waals surface area contributed by atoms with Crippen molar-refractivity contribution in [2.24, 2.45) is 5.92 Å². The summed E-state index contributed by atoms with van der Waals surface area (Å²) < 4.78 is 0. The van der Waals surface area contributed by atoms with Crippen molar-refractivity contribution in [2.45, 2.75) is 57.8 Å². The summed E-state index contributed by atoms with van der Waals surface area (Å²) in [5.74, 6) is 0.765. The second kappa shape index (κ2) is 8.43. The Bertz CT molecular complexity index is 616. The number of carbonyl (C=O) groups is 1. The minimum Gasteiger partial charge on any atom is -0.325 e. The van der Waals surface area contributed by atoms with Crippen LogP contribution in [0.4, 0.5) is 10.5 Å². The lowest BCUT2D eigenvalue weighted by Crippen LogP contribution is -2.44. The summed E-state index contributed by atoms with van der Waals surface area (Å²) in [7, 11) is 0. The first kappa shape index (κ1) is 17.8. The zero-order valence-electron chi connectivity index (χ0n) is 16.0. The lowest BCUT2D eigenvalue weighted by Gasteiger charge is -2.36. The number of piperidine rings is 2. The van der Waals surface area contributed by atoms with Gasteiger partial charge in [0.25, 0.3) is 0 Å². The molecule has 0 unspecified atom stereocenters. The summed E-state index contributed by atoms with van der Waals surface area (Å²) >= 11 is 0. The third-order valence-electron chi connectivity index (χ3n) is 6.50. The van der Waals surface area contributed by atoms with Crippen molar-refractivity contribution in [1.82, 2.24) is 9.80 Å². The average Bonchev–Trinajstić information content (AvgIpc) is 2.70. The number of benzene rings is 1. The van der Waals surface area contributed by atoms with Gasteiger partial charge in [0.2, 0.25) is 0 Å². The molecule has 2 saturated heterocycles. The Labute approximate surface area is 157 Å². The van der Waals surface area contributed by atoms with Crippen LogP contribution in [0.5, 0.6) is 0 Å². The molecule has 0 saturated carbocycles. The van der Waals surface area contributed by atoms with Gasteiger partial charge in [0, 0.05) is 25.3 Å². The average molecular weight is 356 g/mol. The van der Waals surface area contributed by atoms with E-state index in [4.69, 9.17) is 0 Å². The zero-order valence-corrected chi connectivity index (χ0v) is 16.0. The topological polar surface area (TPSA) is 35.6 Å². The molecule has 1 aliphatic carbocycles. The van der Waals surface area contributed by atoms with Crippen molar-refractivity contribution in [3.8, 4) is 0 Å². The predicted molar refractivity (Wildman–Crippen MR) is 107 cm³/mol. The number of amides is 2. The van der Waals surface area contributed by atoms with Crippen LogP contribution in [-0.4, -0.2) is 48.6 Å². The van der Waals surface area contributed by atoms with Gasteiger partial charge >= 0.3 is 6.03 Å². The number of carbonyl (C=O) groups excluding carboxylic acids is 1. The van der Waals surface area contributed by atoms with Crippen molar-refractivity contribution >= 4 is 11.7 Å². The van der Waals surface area contributed by atoms with Gasteiger partial charge in [-0.05, 0) is 87.6 Å². The minimum absolute atomic E-state index is 0.0976. The molecule has 4 rings (SSSR count).